The second kappa shape index (κ2) is 7.16. The van der Waals surface area contributed by atoms with Crippen LogP contribution in [0.1, 0.15) is 22.3 Å². The highest BCUT2D eigenvalue weighted by atomic mass is 16.3. The van der Waals surface area contributed by atoms with Crippen LogP contribution in [0.5, 0.6) is 0 Å². The SMILES string of the molecule is NC(=O)C(O)(c1ccccc1)c1ccc(/C=C\c2ccccc2)cc1. The lowest BCUT2D eigenvalue weighted by Gasteiger charge is -2.25. The maximum atomic E-state index is 12.0. The summed E-state index contributed by atoms with van der Waals surface area (Å²) in [5.74, 6) is -0.800. The second-order valence-corrected chi connectivity index (χ2v) is 5.81. The molecule has 0 bridgehead atoms. The van der Waals surface area contributed by atoms with Gasteiger partial charge in [-0.2, -0.15) is 0 Å². The summed E-state index contributed by atoms with van der Waals surface area (Å²) in [4.78, 5) is 12.0. The van der Waals surface area contributed by atoms with Crippen LogP contribution in [-0.4, -0.2) is 11.0 Å². The molecule has 0 saturated heterocycles. The molecule has 1 unspecified atom stereocenters. The molecule has 3 rings (SSSR count). The van der Waals surface area contributed by atoms with Gasteiger partial charge in [-0.25, -0.2) is 0 Å². The summed E-state index contributed by atoms with van der Waals surface area (Å²) in [5, 5.41) is 10.9. The van der Waals surface area contributed by atoms with Crippen molar-refractivity contribution in [2.45, 2.75) is 5.60 Å². The summed E-state index contributed by atoms with van der Waals surface area (Å²) in [6.07, 6.45) is 3.98. The van der Waals surface area contributed by atoms with Gasteiger partial charge in [-0.05, 0) is 22.3 Å². The molecular formula is C22H19NO2. The van der Waals surface area contributed by atoms with E-state index in [1.165, 1.54) is 0 Å². The van der Waals surface area contributed by atoms with E-state index >= 15 is 0 Å². The fourth-order valence-corrected chi connectivity index (χ4v) is 2.72. The van der Waals surface area contributed by atoms with Gasteiger partial charge in [0.25, 0.3) is 5.91 Å². The Morgan fingerprint density at radius 1 is 0.720 bits per heavy atom. The lowest BCUT2D eigenvalue weighted by Crippen LogP contribution is -2.42. The van der Waals surface area contributed by atoms with Gasteiger partial charge in [0, 0.05) is 0 Å². The predicted molar refractivity (Wildman–Crippen MR) is 100 cm³/mol. The van der Waals surface area contributed by atoms with E-state index in [0.29, 0.717) is 11.1 Å². The van der Waals surface area contributed by atoms with Gasteiger partial charge < -0.3 is 10.8 Å². The lowest BCUT2D eigenvalue weighted by molar-refractivity contribution is -0.133. The van der Waals surface area contributed by atoms with E-state index in [2.05, 4.69) is 0 Å². The van der Waals surface area contributed by atoms with Crippen molar-refractivity contribution < 1.29 is 9.90 Å². The van der Waals surface area contributed by atoms with Crippen LogP contribution in [0.4, 0.5) is 0 Å². The third-order valence-electron chi connectivity index (χ3n) is 4.14. The smallest absolute Gasteiger partial charge is 0.258 e. The van der Waals surface area contributed by atoms with Gasteiger partial charge in [0.05, 0.1) is 0 Å². The first-order valence-corrected chi connectivity index (χ1v) is 8.02. The number of benzene rings is 3. The van der Waals surface area contributed by atoms with Gasteiger partial charge in [0.15, 0.2) is 5.60 Å². The van der Waals surface area contributed by atoms with Crippen LogP contribution in [0.25, 0.3) is 12.2 Å². The molecule has 0 fully saturated rings. The summed E-state index contributed by atoms with van der Waals surface area (Å²) in [6, 6.07) is 25.9. The van der Waals surface area contributed by atoms with Crippen molar-refractivity contribution in [2.24, 2.45) is 5.73 Å². The first kappa shape index (κ1) is 16.7. The van der Waals surface area contributed by atoms with Gasteiger partial charge in [-0.15, -0.1) is 0 Å². The van der Waals surface area contributed by atoms with Crippen LogP contribution in [-0.2, 0) is 10.4 Å². The van der Waals surface area contributed by atoms with E-state index < -0.39 is 11.5 Å². The normalized spacial score (nSPS) is 13.5. The second-order valence-electron chi connectivity index (χ2n) is 5.81. The Labute approximate surface area is 147 Å². The van der Waals surface area contributed by atoms with E-state index in [1.807, 2.05) is 60.7 Å². The van der Waals surface area contributed by atoms with E-state index in [-0.39, 0.29) is 0 Å². The Balaban J connectivity index is 1.90. The maximum Gasteiger partial charge on any atom is 0.258 e. The third-order valence-corrected chi connectivity index (χ3v) is 4.14. The van der Waals surface area contributed by atoms with Crippen LogP contribution < -0.4 is 5.73 Å². The molecule has 0 radical (unpaired) electrons. The van der Waals surface area contributed by atoms with E-state index in [9.17, 15) is 9.90 Å². The van der Waals surface area contributed by atoms with Crippen molar-refractivity contribution in [3.05, 3.63) is 107 Å². The molecule has 3 aromatic carbocycles. The average Bonchev–Trinajstić information content (AvgIpc) is 2.67. The zero-order chi connectivity index (χ0) is 17.7. The first-order chi connectivity index (χ1) is 12.1. The van der Waals surface area contributed by atoms with Crippen LogP contribution in [0.3, 0.4) is 0 Å². The van der Waals surface area contributed by atoms with E-state index in [1.54, 1.807) is 36.4 Å². The number of primary amides is 1. The number of hydrogen-bond acceptors (Lipinski definition) is 2. The van der Waals surface area contributed by atoms with Crippen molar-refractivity contribution in [2.75, 3.05) is 0 Å². The first-order valence-electron chi connectivity index (χ1n) is 8.02. The number of carbonyl (C=O) groups is 1. The molecule has 3 heteroatoms. The fourth-order valence-electron chi connectivity index (χ4n) is 2.72. The number of amides is 1. The predicted octanol–water partition coefficient (Wildman–Crippen LogP) is 3.58. The molecule has 25 heavy (non-hydrogen) atoms. The van der Waals surface area contributed by atoms with Crippen molar-refractivity contribution in [3.63, 3.8) is 0 Å². The summed E-state index contributed by atoms with van der Waals surface area (Å²) in [6.45, 7) is 0. The minimum atomic E-state index is -1.84. The largest absolute Gasteiger partial charge is 0.372 e. The highest BCUT2D eigenvalue weighted by molar-refractivity contribution is 5.88. The van der Waals surface area contributed by atoms with Crippen molar-refractivity contribution in [1.29, 1.82) is 0 Å². The van der Waals surface area contributed by atoms with Crippen molar-refractivity contribution in [1.82, 2.24) is 0 Å². The molecule has 0 aliphatic carbocycles. The molecule has 0 aromatic heterocycles. The zero-order valence-corrected chi connectivity index (χ0v) is 13.7. The fraction of sp³-hybridized carbons (Fsp3) is 0.0455. The molecule has 1 atom stereocenters. The molecule has 0 spiro atoms. The Morgan fingerprint density at radius 3 is 1.68 bits per heavy atom. The summed E-state index contributed by atoms with van der Waals surface area (Å²) >= 11 is 0. The highest BCUT2D eigenvalue weighted by Gasteiger charge is 2.37. The third kappa shape index (κ3) is 3.52. The maximum absolute atomic E-state index is 12.0. The minimum Gasteiger partial charge on any atom is -0.372 e. The van der Waals surface area contributed by atoms with Crippen LogP contribution >= 0.6 is 0 Å². The van der Waals surface area contributed by atoms with Gasteiger partial charge in [-0.1, -0.05) is 97.1 Å². The highest BCUT2D eigenvalue weighted by Crippen LogP contribution is 2.29. The molecule has 0 aliphatic heterocycles. The summed E-state index contributed by atoms with van der Waals surface area (Å²) in [5.41, 5.74) is 6.63. The molecular weight excluding hydrogens is 310 g/mol. The van der Waals surface area contributed by atoms with E-state index in [4.69, 9.17) is 5.73 Å². The molecule has 124 valence electrons. The molecule has 0 heterocycles. The number of nitrogens with two attached hydrogens (primary N) is 1. The van der Waals surface area contributed by atoms with Gasteiger partial charge in [-0.3, -0.25) is 4.79 Å². The Hall–Kier alpha value is -3.17. The number of aliphatic hydroxyl groups is 1. The lowest BCUT2D eigenvalue weighted by atomic mass is 9.85. The topological polar surface area (TPSA) is 63.3 Å². The molecule has 0 aliphatic rings. The van der Waals surface area contributed by atoms with Crippen LogP contribution in [0.15, 0.2) is 84.9 Å². The van der Waals surface area contributed by atoms with Crippen LogP contribution in [0, 0.1) is 0 Å². The quantitative estimate of drug-likeness (QED) is 0.703. The van der Waals surface area contributed by atoms with Gasteiger partial charge in [0.2, 0.25) is 0 Å². The standard InChI is InChI=1S/C22H19NO2/c23-21(24)22(25,19-9-5-2-6-10-19)20-15-13-18(14-16-20)12-11-17-7-3-1-4-8-17/h1-16,25H,(H2,23,24)/b12-11-. The average molecular weight is 329 g/mol. The van der Waals surface area contributed by atoms with Crippen molar-refractivity contribution >= 4 is 18.1 Å². The number of carbonyl (C=O) groups excluding carboxylic acids is 1. The number of hydrogen-bond donors (Lipinski definition) is 2. The van der Waals surface area contributed by atoms with Crippen LogP contribution in [0.2, 0.25) is 0 Å². The molecule has 3 aromatic rings. The molecule has 3 nitrogen and oxygen atoms in total. The zero-order valence-electron chi connectivity index (χ0n) is 13.7. The molecule has 3 N–H and O–H groups in total. The summed E-state index contributed by atoms with van der Waals surface area (Å²) < 4.78 is 0. The van der Waals surface area contributed by atoms with Gasteiger partial charge in [0.1, 0.15) is 0 Å². The van der Waals surface area contributed by atoms with E-state index in [0.717, 1.165) is 11.1 Å². The molecule has 1 amide bonds. The Morgan fingerprint density at radius 2 is 1.16 bits per heavy atom. The Kier molecular flexibility index (Phi) is 4.78. The van der Waals surface area contributed by atoms with Crippen molar-refractivity contribution in [3.8, 4) is 0 Å². The Bertz CT molecular complexity index is 871. The summed E-state index contributed by atoms with van der Waals surface area (Å²) in [7, 11) is 0. The van der Waals surface area contributed by atoms with Gasteiger partial charge >= 0.3 is 0 Å². The number of rotatable bonds is 5. The monoisotopic (exact) mass is 329 g/mol. The molecule has 0 saturated carbocycles. The minimum absolute atomic E-state index is 0.447.